The molecule has 0 atom stereocenters. The van der Waals surface area contributed by atoms with Crippen molar-refractivity contribution in [3.05, 3.63) is 35.9 Å². The molecule has 0 aromatic heterocycles. The summed E-state index contributed by atoms with van der Waals surface area (Å²) in [6.45, 7) is 11.1. The number of allylic oxidation sites excluding steroid dienone is 1. The fraction of sp³-hybridized carbons (Fsp3) is 0.467. The van der Waals surface area contributed by atoms with Crippen molar-refractivity contribution in [1.29, 1.82) is 0 Å². The Labute approximate surface area is 105 Å². The van der Waals surface area contributed by atoms with Crippen molar-refractivity contribution in [1.82, 2.24) is 0 Å². The van der Waals surface area contributed by atoms with E-state index in [0.717, 1.165) is 18.8 Å². The van der Waals surface area contributed by atoms with Crippen molar-refractivity contribution in [2.45, 2.75) is 27.7 Å². The molecule has 1 aromatic rings. The maximum Gasteiger partial charge on any atom is 0.129 e. The third-order valence-corrected chi connectivity index (χ3v) is 2.62. The molecule has 0 aliphatic carbocycles. The van der Waals surface area contributed by atoms with Gasteiger partial charge in [0, 0.05) is 30.9 Å². The molecule has 1 rings (SSSR count). The number of hydrogen-bond donors (Lipinski definition) is 0. The monoisotopic (exact) mass is 232 g/mol. The molecule has 1 radical (unpaired) electrons. The van der Waals surface area contributed by atoms with Gasteiger partial charge in [0.2, 0.25) is 0 Å². The van der Waals surface area contributed by atoms with E-state index in [-0.39, 0.29) is 0 Å². The Hall–Kier alpha value is -1.44. The zero-order valence-electron chi connectivity index (χ0n) is 11.3. The molecule has 0 unspecified atom stereocenters. The highest BCUT2D eigenvalue weighted by atomic mass is 16.5. The molecule has 17 heavy (non-hydrogen) atoms. The van der Waals surface area contributed by atoms with Gasteiger partial charge in [-0.05, 0) is 45.9 Å². The van der Waals surface area contributed by atoms with Crippen LogP contribution in [0, 0.1) is 6.07 Å². The maximum absolute atomic E-state index is 5.64. The first kappa shape index (κ1) is 13.6. The highest BCUT2D eigenvalue weighted by Crippen LogP contribution is 2.20. The zero-order valence-corrected chi connectivity index (χ0v) is 11.3. The number of rotatable bonds is 6. The van der Waals surface area contributed by atoms with E-state index in [4.69, 9.17) is 4.74 Å². The normalized spacial score (nSPS) is 9.88. The molecule has 2 nitrogen and oxygen atoms in total. The van der Waals surface area contributed by atoms with Crippen molar-refractivity contribution >= 4 is 5.69 Å². The van der Waals surface area contributed by atoms with Crippen molar-refractivity contribution in [3.8, 4) is 5.75 Å². The smallest absolute Gasteiger partial charge is 0.129 e. The van der Waals surface area contributed by atoms with Crippen LogP contribution in [0.25, 0.3) is 0 Å². The molecule has 0 heterocycles. The van der Waals surface area contributed by atoms with E-state index in [1.54, 1.807) is 0 Å². The van der Waals surface area contributed by atoms with Gasteiger partial charge in [-0.2, -0.15) is 0 Å². The van der Waals surface area contributed by atoms with E-state index >= 15 is 0 Å². The van der Waals surface area contributed by atoms with Crippen LogP contribution in [0.2, 0.25) is 0 Å². The molecular weight excluding hydrogens is 210 g/mol. The molecule has 2 heteroatoms. The lowest BCUT2D eigenvalue weighted by molar-refractivity contribution is 0.361. The lowest BCUT2D eigenvalue weighted by Gasteiger charge is -2.21. The Bertz CT molecular complexity index is 363. The summed E-state index contributed by atoms with van der Waals surface area (Å²) in [6, 6.07) is 9.15. The van der Waals surface area contributed by atoms with E-state index in [1.807, 2.05) is 12.1 Å². The third kappa shape index (κ3) is 4.51. The second-order valence-corrected chi connectivity index (χ2v) is 4.18. The van der Waals surface area contributed by atoms with Crippen LogP contribution in [-0.2, 0) is 0 Å². The topological polar surface area (TPSA) is 12.5 Å². The Balaban J connectivity index is 2.68. The van der Waals surface area contributed by atoms with Crippen LogP contribution in [0.3, 0.4) is 0 Å². The van der Waals surface area contributed by atoms with E-state index < -0.39 is 0 Å². The minimum Gasteiger partial charge on any atom is -0.489 e. The van der Waals surface area contributed by atoms with Crippen LogP contribution in [0.5, 0.6) is 5.75 Å². The maximum atomic E-state index is 5.64. The number of hydrogen-bond acceptors (Lipinski definition) is 2. The number of ether oxygens (including phenoxy) is 1. The first-order valence-corrected chi connectivity index (χ1v) is 6.20. The van der Waals surface area contributed by atoms with Gasteiger partial charge in [-0.15, -0.1) is 0 Å². The SMILES string of the molecule is CCN(CC)c1cc[c]c(OCC=C(C)C)c1. The molecule has 0 fully saturated rings. The summed E-state index contributed by atoms with van der Waals surface area (Å²) in [6.07, 6.45) is 2.07. The first-order chi connectivity index (χ1) is 8.17. The quantitative estimate of drug-likeness (QED) is 0.694. The van der Waals surface area contributed by atoms with Crippen molar-refractivity contribution in [2.75, 3.05) is 24.6 Å². The van der Waals surface area contributed by atoms with Crippen molar-refractivity contribution < 1.29 is 4.74 Å². The summed E-state index contributed by atoms with van der Waals surface area (Å²) in [4.78, 5) is 2.29. The summed E-state index contributed by atoms with van der Waals surface area (Å²) in [5.74, 6) is 0.812. The molecule has 0 aliphatic heterocycles. The minimum atomic E-state index is 0.612. The summed E-state index contributed by atoms with van der Waals surface area (Å²) in [5.41, 5.74) is 2.46. The third-order valence-electron chi connectivity index (χ3n) is 2.62. The van der Waals surface area contributed by atoms with Gasteiger partial charge in [0.1, 0.15) is 12.4 Å². The minimum absolute atomic E-state index is 0.612. The fourth-order valence-electron chi connectivity index (χ4n) is 1.60. The fourth-order valence-corrected chi connectivity index (χ4v) is 1.60. The van der Waals surface area contributed by atoms with E-state index in [0.29, 0.717) is 6.61 Å². The number of benzene rings is 1. The highest BCUT2D eigenvalue weighted by molar-refractivity contribution is 5.50. The zero-order chi connectivity index (χ0) is 12.7. The second-order valence-electron chi connectivity index (χ2n) is 4.18. The molecule has 0 amide bonds. The highest BCUT2D eigenvalue weighted by Gasteiger charge is 2.02. The average Bonchev–Trinajstić information content (AvgIpc) is 2.31. The van der Waals surface area contributed by atoms with Crippen LogP contribution >= 0.6 is 0 Å². The van der Waals surface area contributed by atoms with Gasteiger partial charge in [-0.25, -0.2) is 0 Å². The summed E-state index contributed by atoms with van der Waals surface area (Å²) in [7, 11) is 0. The number of nitrogens with zero attached hydrogens (tertiary/aromatic N) is 1. The van der Waals surface area contributed by atoms with Gasteiger partial charge < -0.3 is 9.64 Å². The standard InChI is InChI=1S/C15H22NO/c1-5-16(6-2)14-8-7-9-15(12-14)17-11-10-13(3)4/h7-8,10,12H,5-6,11H2,1-4H3. The van der Waals surface area contributed by atoms with Gasteiger partial charge in [-0.3, -0.25) is 0 Å². The second kappa shape index (κ2) is 7.00. The summed E-state index contributed by atoms with van der Waals surface area (Å²) < 4.78 is 5.64. The van der Waals surface area contributed by atoms with Gasteiger partial charge >= 0.3 is 0 Å². The summed E-state index contributed by atoms with van der Waals surface area (Å²) in [5, 5.41) is 0. The predicted molar refractivity (Wildman–Crippen MR) is 73.8 cm³/mol. The van der Waals surface area contributed by atoms with E-state index in [2.05, 4.69) is 50.8 Å². The first-order valence-electron chi connectivity index (χ1n) is 6.20. The van der Waals surface area contributed by atoms with Crippen LogP contribution in [0.1, 0.15) is 27.7 Å². The Kier molecular flexibility index (Phi) is 5.61. The molecule has 0 aliphatic rings. The molecule has 0 spiro atoms. The lowest BCUT2D eigenvalue weighted by Crippen LogP contribution is -2.21. The largest absolute Gasteiger partial charge is 0.489 e. The van der Waals surface area contributed by atoms with Crippen molar-refractivity contribution in [2.24, 2.45) is 0 Å². The lowest BCUT2D eigenvalue weighted by atomic mass is 10.2. The molecule has 0 saturated carbocycles. The van der Waals surface area contributed by atoms with Crippen LogP contribution in [0.15, 0.2) is 29.8 Å². The van der Waals surface area contributed by atoms with Crippen LogP contribution in [0.4, 0.5) is 5.69 Å². The van der Waals surface area contributed by atoms with Crippen molar-refractivity contribution in [3.63, 3.8) is 0 Å². The van der Waals surface area contributed by atoms with Gasteiger partial charge in [0.25, 0.3) is 0 Å². The van der Waals surface area contributed by atoms with Gasteiger partial charge in [-0.1, -0.05) is 5.57 Å². The molecule has 0 N–H and O–H groups in total. The van der Waals surface area contributed by atoms with E-state index in [1.165, 1.54) is 11.3 Å². The molecular formula is C15H22NO. The molecule has 93 valence electrons. The van der Waals surface area contributed by atoms with Gasteiger partial charge in [0.05, 0.1) is 0 Å². The Morgan fingerprint density at radius 3 is 2.65 bits per heavy atom. The van der Waals surface area contributed by atoms with Gasteiger partial charge in [0.15, 0.2) is 0 Å². The number of anilines is 1. The molecule has 0 saturated heterocycles. The Morgan fingerprint density at radius 1 is 1.35 bits per heavy atom. The van der Waals surface area contributed by atoms with Crippen LogP contribution < -0.4 is 9.64 Å². The summed E-state index contributed by atoms with van der Waals surface area (Å²) >= 11 is 0. The predicted octanol–water partition coefficient (Wildman–Crippen LogP) is 3.68. The van der Waals surface area contributed by atoms with Crippen LogP contribution in [-0.4, -0.2) is 19.7 Å². The van der Waals surface area contributed by atoms with E-state index in [9.17, 15) is 0 Å². The molecule has 1 aromatic carbocycles. The Morgan fingerprint density at radius 2 is 2.06 bits per heavy atom. The average molecular weight is 232 g/mol. The molecule has 0 bridgehead atoms.